The first kappa shape index (κ1) is 24.6. The Labute approximate surface area is 219 Å². The molecule has 35 heavy (non-hydrogen) atoms. The highest BCUT2D eigenvalue weighted by molar-refractivity contribution is 14.1. The molecule has 0 bridgehead atoms. The maximum Gasteiger partial charge on any atom is 0.335 e. The molecule has 1 aliphatic heterocycles. The molecule has 0 unspecified atom stereocenters. The lowest BCUT2D eigenvalue weighted by Gasteiger charge is -2.26. The van der Waals surface area contributed by atoms with Gasteiger partial charge in [-0.1, -0.05) is 29.8 Å². The van der Waals surface area contributed by atoms with Crippen molar-refractivity contribution in [3.8, 4) is 17.2 Å². The summed E-state index contributed by atoms with van der Waals surface area (Å²) in [4.78, 5) is 38.7. The number of methoxy groups -OCH3 is 1. The van der Waals surface area contributed by atoms with Crippen LogP contribution in [-0.4, -0.2) is 30.1 Å². The van der Waals surface area contributed by atoms with Gasteiger partial charge in [0.1, 0.15) is 17.9 Å². The van der Waals surface area contributed by atoms with Crippen molar-refractivity contribution in [2.24, 2.45) is 0 Å². The minimum absolute atomic E-state index is 0.0241. The zero-order valence-electron chi connectivity index (χ0n) is 18.2. The van der Waals surface area contributed by atoms with E-state index in [4.69, 9.17) is 21.1 Å². The third kappa shape index (κ3) is 5.25. The lowest BCUT2D eigenvalue weighted by molar-refractivity contribution is -0.122. The number of carbonyl (C=O) groups is 3. The molecule has 0 aromatic heterocycles. The van der Waals surface area contributed by atoms with E-state index in [1.807, 2.05) is 18.2 Å². The Morgan fingerprint density at radius 2 is 1.80 bits per heavy atom. The Balaban J connectivity index is 1.64. The Morgan fingerprint density at radius 3 is 2.49 bits per heavy atom. The van der Waals surface area contributed by atoms with Gasteiger partial charge in [0.05, 0.1) is 16.4 Å². The highest BCUT2D eigenvalue weighted by Crippen LogP contribution is 2.36. The number of urea groups is 1. The molecular formula is C25H18ClIN2O6. The number of ether oxygens (including phenoxy) is 2. The summed E-state index contributed by atoms with van der Waals surface area (Å²) in [5.41, 5.74) is 1.27. The van der Waals surface area contributed by atoms with Gasteiger partial charge in [0.15, 0.2) is 11.5 Å². The van der Waals surface area contributed by atoms with Crippen molar-refractivity contribution < 1.29 is 29.0 Å². The van der Waals surface area contributed by atoms with Crippen LogP contribution in [0.1, 0.15) is 11.1 Å². The molecule has 10 heteroatoms. The largest absolute Gasteiger partial charge is 0.508 e. The summed E-state index contributed by atoms with van der Waals surface area (Å²) >= 11 is 8.28. The van der Waals surface area contributed by atoms with Gasteiger partial charge in [0.2, 0.25) is 0 Å². The summed E-state index contributed by atoms with van der Waals surface area (Å²) in [7, 11) is 1.48. The number of amides is 4. The smallest absolute Gasteiger partial charge is 0.335 e. The van der Waals surface area contributed by atoms with E-state index in [-0.39, 0.29) is 23.6 Å². The third-order valence-electron chi connectivity index (χ3n) is 5.10. The Bertz CT molecular complexity index is 1360. The van der Waals surface area contributed by atoms with Gasteiger partial charge in [0, 0.05) is 10.6 Å². The van der Waals surface area contributed by atoms with E-state index in [0.717, 1.165) is 10.5 Å². The highest BCUT2D eigenvalue weighted by atomic mass is 127. The average molecular weight is 605 g/mol. The maximum absolute atomic E-state index is 13.1. The second-order valence-corrected chi connectivity index (χ2v) is 8.96. The van der Waals surface area contributed by atoms with E-state index in [1.165, 1.54) is 37.5 Å². The highest BCUT2D eigenvalue weighted by Gasteiger charge is 2.36. The maximum atomic E-state index is 13.1. The number of phenols is 1. The molecule has 1 aliphatic rings. The van der Waals surface area contributed by atoms with Crippen molar-refractivity contribution in [2.45, 2.75) is 6.61 Å². The molecule has 0 atom stereocenters. The van der Waals surface area contributed by atoms with Gasteiger partial charge in [-0.25, -0.2) is 9.69 Å². The first-order chi connectivity index (χ1) is 16.8. The zero-order valence-corrected chi connectivity index (χ0v) is 21.2. The number of carbonyl (C=O) groups excluding carboxylic acids is 3. The predicted octanol–water partition coefficient (Wildman–Crippen LogP) is 4.90. The lowest BCUT2D eigenvalue weighted by Crippen LogP contribution is -2.54. The molecular weight excluding hydrogens is 587 g/mol. The van der Waals surface area contributed by atoms with Gasteiger partial charge in [0.25, 0.3) is 11.8 Å². The quantitative estimate of drug-likeness (QED) is 0.236. The van der Waals surface area contributed by atoms with Crippen molar-refractivity contribution in [2.75, 3.05) is 12.0 Å². The summed E-state index contributed by atoms with van der Waals surface area (Å²) in [5.74, 6) is -0.758. The first-order valence-corrected chi connectivity index (χ1v) is 11.7. The molecule has 4 rings (SSSR count). The fraction of sp³-hybridized carbons (Fsp3) is 0.0800. The van der Waals surface area contributed by atoms with Gasteiger partial charge in [-0.15, -0.1) is 0 Å². The summed E-state index contributed by atoms with van der Waals surface area (Å²) in [5, 5.41) is 12.2. The molecule has 0 saturated carbocycles. The molecule has 4 amide bonds. The van der Waals surface area contributed by atoms with Crippen molar-refractivity contribution >= 4 is 63.8 Å². The van der Waals surface area contributed by atoms with Crippen LogP contribution in [0.15, 0.2) is 66.2 Å². The number of barbiturate groups is 1. The fourth-order valence-corrected chi connectivity index (χ4v) is 4.36. The van der Waals surface area contributed by atoms with Crippen LogP contribution in [0, 0.1) is 3.57 Å². The number of halogens is 2. The zero-order chi connectivity index (χ0) is 25.1. The molecule has 0 radical (unpaired) electrons. The molecule has 8 nitrogen and oxygen atoms in total. The van der Waals surface area contributed by atoms with E-state index >= 15 is 0 Å². The van der Waals surface area contributed by atoms with E-state index in [2.05, 4.69) is 27.9 Å². The van der Waals surface area contributed by atoms with Gasteiger partial charge >= 0.3 is 6.03 Å². The topological polar surface area (TPSA) is 105 Å². The fourth-order valence-electron chi connectivity index (χ4n) is 3.39. The van der Waals surface area contributed by atoms with Crippen LogP contribution >= 0.6 is 34.2 Å². The molecule has 0 spiro atoms. The van der Waals surface area contributed by atoms with Crippen LogP contribution in [-0.2, 0) is 16.2 Å². The lowest BCUT2D eigenvalue weighted by atomic mass is 10.1. The van der Waals surface area contributed by atoms with Gasteiger partial charge in [-0.2, -0.15) is 0 Å². The number of nitrogens with one attached hydrogen (secondary N) is 1. The predicted molar refractivity (Wildman–Crippen MR) is 139 cm³/mol. The average Bonchev–Trinajstić information content (AvgIpc) is 2.83. The van der Waals surface area contributed by atoms with Crippen molar-refractivity contribution in [1.82, 2.24) is 5.32 Å². The number of hydrogen-bond acceptors (Lipinski definition) is 6. The summed E-state index contributed by atoms with van der Waals surface area (Å²) < 4.78 is 12.1. The van der Waals surface area contributed by atoms with Gasteiger partial charge < -0.3 is 14.6 Å². The second-order valence-electron chi connectivity index (χ2n) is 7.39. The minimum atomic E-state index is -0.877. The third-order valence-corrected chi connectivity index (χ3v) is 6.27. The monoisotopic (exact) mass is 604 g/mol. The molecule has 2 N–H and O–H groups in total. The number of benzene rings is 3. The summed E-state index contributed by atoms with van der Waals surface area (Å²) in [6.07, 6.45) is 1.38. The van der Waals surface area contributed by atoms with E-state index in [1.54, 1.807) is 18.2 Å². The second kappa shape index (κ2) is 10.4. The summed E-state index contributed by atoms with van der Waals surface area (Å²) in [6.45, 7) is 0.219. The van der Waals surface area contributed by atoms with E-state index < -0.39 is 17.8 Å². The number of rotatable bonds is 6. The molecule has 1 saturated heterocycles. The van der Waals surface area contributed by atoms with Crippen molar-refractivity contribution in [3.63, 3.8) is 0 Å². The SMILES string of the molecule is COc1cc(/C=C2\C(=O)NC(=O)N(c3ccc(O)cc3)C2=O)cc(I)c1OCc1ccccc1Cl. The first-order valence-electron chi connectivity index (χ1n) is 10.2. The normalized spacial score (nSPS) is 14.8. The summed E-state index contributed by atoms with van der Waals surface area (Å²) in [6, 6.07) is 15.3. The molecule has 0 aliphatic carbocycles. The van der Waals surface area contributed by atoms with Gasteiger partial charge in [-0.05, 0) is 76.7 Å². The molecule has 1 heterocycles. The van der Waals surface area contributed by atoms with E-state index in [9.17, 15) is 19.5 Å². The minimum Gasteiger partial charge on any atom is -0.508 e. The number of nitrogens with zero attached hydrogens (tertiary/aromatic N) is 1. The standard InChI is InChI=1S/C25H18ClIN2O6/c1-34-21-12-14(11-20(27)22(21)35-13-15-4-2-3-5-19(15)26)10-18-23(31)28-25(33)29(24(18)32)16-6-8-17(30)9-7-16/h2-12,30H,13H2,1H3,(H,28,31,33)/b18-10+. The number of phenolic OH excluding ortho intramolecular Hbond substituents is 1. The molecule has 178 valence electrons. The van der Waals surface area contributed by atoms with Gasteiger partial charge in [-0.3, -0.25) is 14.9 Å². The van der Waals surface area contributed by atoms with Crippen LogP contribution in [0.25, 0.3) is 6.08 Å². The number of aromatic hydroxyl groups is 1. The van der Waals surface area contributed by atoms with Crippen molar-refractivity contribution in [3.05, 3.63) is 86.0 Å². The molecule has 3 aromatic rings. The number of anilines is 1. The van der Waals surface area contributed by atoms with Crippen LogP contribution in [0.4, 0.5) is 10.5 Å². The number of hydrogen-bond donors (Lipinski definition) is 2. The Morgan fingerprint density at radius 1 is 1.09 bits per heavy atom. The van der Waals surface area contributed by atoms with Crippen LogP contribution in [0.5, 0.6) is 17.2 Å². The molecule has 3 aromatic carbocycles. The molecule has 1 fully saturated rings. The van der Waals surface area contributed by atoms with Crippen LogP contribution < -0.4 is 19.7 Å². The number of imide groups is 2. The Kier molecular flexibility index (Phi) is 7.27. The van der Waals surface area contributed by atoms with Crippen LogP contribution in [0.2, 0.25) is 5.02 Å². The Hall–Kier alpha value is -3.57. The van der Waals surface area contributed by atoms with Crippen LogP contribution in [0.3, 0.4) is 0 Å². The van der Waals surface area contributed by atoms with Crippen molar-refractivity contribution in [1.29, 1.82) is 0 Å². The van der Waals surface area contributed by atoms with E-state index in [0.29, 0.717) is 25.7 Å².